The molecule has 0 aliphatic heterocycles. The molecule has 4 rings (SSSR count). The summed E-state index contributed by atoms with van der Waals surface area (Å²) in [5.41, 5.74) is 2.53. The van der Waals surface area contributed by atoms with E-state index < -0.39 is 18.0 Å². The van der Waals surface area contributed by atoms with Gasteiger partial charge in [-0.15, -0.1) is 0 Å². The van der Waals surface area contributed by atoms with E-state index in [2.05, 4.69) is 19.9 Å². The number of nitrogens with zero attached hydrogens (tertiary/aromatic N) is 5. The quantitative estimate of drug-likeness (QED) is 0.390. The largest absolute Gasteiger partial charge is 0.481 e. The van der Waals surface area contributed by atoms with Crippen molar-refractivity contribution in [3.05, 3.63) is 108 Å². The monoisotopic (exact) mass is 455 g/mol. The Morgan fingerprint density at radius 1 is 0.676 bits per heavy atom. The van der Waals surface area contributed by atoms with Gasteiger partial charge in [-0.1, -0.05) is 24.3 Å². The molecule has 0 bridgehead atoms. The van der Waals surface area contributed by atoms with E-state index >= 15 is 0 Å². The van der Waals surface area contributed by atoms with Crippen LogP contribution in [0.1, 0.15) is 28.6 Å². The topological polar surface area (TPSA) is 129 Å². The van der Waals surface area contributed by atoms with Crippen LogP contribution in [0.3, 0.4) is 0 Å². The third-order valence-electron chi connectivity index (χ3n) is 5.02. The van der Waals surface area contributed by atoms with Crippen LogP contribution in [0.15, 0.2) is 85.5 Å². The zero-order chi connectivity index (χ0) is 23.9. The van der Waals surface area contributed by atoms with Crippen LogP contribution in [0.2, 0.25) is 0 Å². The average Bonchev–Trinajstić information content (AvgIpc) is 2.84. The number of pyridine rings is 4. The van der Waals surface area contributed by atoms with Gasteiger partial charge in [-0.05, 0) is 47.5 Å². The van der Waals surface area contributed by atoms with E-state index in [4.69, 9.17) is 10.2 Å². The van der Waals surface area contributed by atoms with Gasteiger partial charge < -0.3 is 10.2 Å². The fourth-order valence-electron chi connectivity index (χ4n) is 3.55. The molecule has 0 unspecified atom stereocenters. The van der Waals surface area contributed by atoms with Gasteiger partial charge in [-0.25, -0.2) is 9.97 Å². The lowest BCUT2D eigenvalue weighted by molar-refractivity contribution is -0.137. The molecule has 4 aromatic rings. The van der Waals surface area contributed by atoms with Crippen LogP contribution in [-0.4, -0.2) is 42.1 Å². The molecule has 34 heavy (non-hydrogen) atoms. The van der Waals surface area contributed by atoms with Crippen molar-refractivity contribution in [2.24, 2.45) is 0 Å². The number of aliphatic carboxylic acids is 2. The smallest absolute Gasteiger partial charge is 0.307 e. The number of aromatic nitrogens is 4. The summed E-state index contributed by atoms with van der Waals surface area (Å²) in [6.45, 7) is 0. The van der Waals surface area contributed by atoms with Gasteiger partial charge in [0.1, 0.15) is 17.7 Å². The first kappa shape index (κ1) is 22.5. The van der Waals surface area contributed by atoms with E-state index in [1.807, 2.05) is 41.3 Å². The van der Waals surface area contributed by atoms with Crippen molar-refractivity contribution in [1.82, 2.24) is 19.9 Å². The normalized spacial score (nSPS) is 10.7. The summed E-state index contributed by atoms with van der Waals surface area (Å²) < 4.78 is 0. The number of carboxylic acid groups (broad SMARTS) is 2. The first-order chi connectivity index (χ1) is 16.5. The SMILES string of the molecule is O=C(O)Cc1ccc(N(c2ccc(CC(=O)O)cn2)C(c2ccccn2)c2ccccn2)nc1. The van der Waals surface area contributed by atoms with Crippen molar-refractivity contribution in [2.45, 2.75) is 18.9 Å². The number of hydrogen-bond donors (Lipinski definition) is 2. The Morgan fingerprint density at radius 3 is 1.47 bits per heavy atom. The molecule has 9 nitrogen and oxygen atoms in total. The fourth-order valence-corrected chi connectivity index (χ4v) is 3.55. The number of carbonyl (C=O) groups is 2. The molecule has 0 saturated carbocycles. The van der Waals surface area contributed by atoms with Gasteiger partial charge in [0.15, 0.2) is 0 Å². The predicted octanol–water partition coefficient (Wildman–Crippen LogP) is 3.45. The molecule has 9 heteroatoms. The Morgan fingerprint density at radius 2 is 1.15 bits per heavy atom. The van der Waals surface area contributed by atoms with Crippen LogP contribution in [0.25, 0.3) is 0 Å². The van der Waals surface area contributed by atoms with E-state index in [1.54, 1.807) is 36.7 Å². The summed E-state index contributed by atoms with van der Waals surface area (Å²) in [4.78, 5) is 42.2. The fraction of sp³-hybridized carbons (Fsp3) is 0.120. The first-order valence-corrected chi connectivity index (χ1v) is 10.5. The van der Waals surface area contributed by atoms with Crippen molar-refractivity contribution in [3.8, 4) is 0 Å². The number of hydrogen-bond acceptors (Lipinski definition) is 7. The van der Waals surface area contributed by atoms with Gasteiger partial charge in [-0.2, -0.15) is 0 Å². The molecule has 0 aromatic carbocycles. The summed E-state index contributed by atoms with van der Waals surface area (Å²) >= 11 is 0. The Labute approximate surface area is 195 Å². The molecule has 0 aliphatic carbocycles. The molecule has 4 aromatic heterocycles. The van der Waals surface area contributed by atoms with Crippen LogP contribution in [0, 0.1) is 0 Å². The molecular weight excluding hydrogens is 434 g/mol. The maximum atomic E-state index is 11.1. The van der Waals surface area contributed by atoms with E-state index in [-0.39, 0.29) is 12.8 Å². The Kier molecular flexibility index (Phi) is 6.83. The number of carboxylic acids is 2. The zero-order valence-electron chi connectivity index (χ0n) is 18.0. The van der Waals surface area contributed by atoms with Gasteiger partial charge in [0.2, 0.25) is 0 Å². The summed E-state index contributed by atoms with van der Waals surface area (Å²) in [6.07, 6.45) is 6.14. The van der Waals surface area contributed by atoms with Crippen LogP contribution in [0.5, 0.6) is 0 Å². The lowest BCUT2D eigenvalue weighted by atomic mass is 10.1. The second-order valence-corrected chi connectivity index (χ2v) is 7.47. The van der Waals surface area contributed by atoms with Crippen molar-refractivity contribution in [3.63, 3.8) is 0 Å². The molecule has 2 N–H and O–H groups in total. The van der Waals surface area contributed by atoms with Crippen molar-refractivity contribution in [1.29, 1.82) is 0 Å². The average molecular weight is 455 g/mol. The first-order valence-electron chi connectivity index (χ1n) is 10.5. The molecule has 0 amide bonds. The second kappa shape index (κ2) is 10.3. The van der Waals surface area contributed by atoms with E-state index in [0.29, 0.717) is 34.2 Å². The summed E-state index contributed by atoms with van der Waals surface area (Å²) in [7, 11) is 0. The third kappa shape index (κ3) is 5.39. The standard InChI is InChI=1S/C25H21N5O4/c31-23(32)13-17-7-9-21(28-15-17)30(22-10-8-18(16-29-22)14-24(33)34)25(19-5-1-3-11-26-19)20-6-2-4-12-27-20/h1-12,15-16,25H,13-14H2,(H,31,32)(H,33,34). The molecule has 0 aliphatic rings. The second-order valence-electron chi connectivity index (χ2n) is 7.47. The minimum absolute atomic E-state index is 0.140. The highest BCUT2D eigenvalue weighted by Crippen LogP contribution is 2.36. The highest BCUT2D eigenvalue weighted by atomic mass is 16.4. The van der Waals surface area contributed by atoms with Crippen LogP contribution in [-0.2, 0) is 22.4 Å². The Hall–Kier alpha value is -4.66. The van der Waals surface area contributed by atoms with Crippen LogP contribution >= 0.6 is 0 Å². The van der Waals surface area contributed by atoms with Crippen LogP contribution < -0.4 is 4.90 Å². The Bertz CT molecular complexity index is 1150. The highest BCUT2D eigenvalue weighted by Gasteiger charge is 2.28. The third-order valence-corrected chi connectivity index (χ3v) is 5.02. The minimum atomic E-state index is -0.943. The van der Waals surface area contributed by atoms with Crippen molar-refractivity contribution < 1.29 is 19.8 Å². The molecular formula is C25H21N5O4. The maximum Gasteiger partial charge on any atom is 0.307 e. The summed E-state index contributed by atoms with van der Waals surface area (Å²) in [6, 6.07) is 17.5. The molecule has 0 atom stereocenters. The van der Waals surface area contributed by atoms with Gasteiger partial charge in [0, 0.05) is 24.8 Å². The number of anilines is 2. The maximum absolute atomic E-state index is 11.1. The lowest BCUT2D eigenvalue weighted by Crippen LogP contribution is -2.28. The van der Waals surface area contributed by atoms with E-state index in [9.17, 15) is 9.59 Å². The summed E-state index contributed by atoms with van der Waals surface area (Å²) in [5, 5.41) is 18.2. The van der Waals surface area contributed by atoms with Crippen molar-refractivity contribution >= 4 is 23.6 Å². The van der Waals surface area contributed by atoms with Crippen LogP contribution in [0.4, 0.5) is 11.6 Å². The predicted molar refractivity (Wildman–Crippen MR) is 124 cm³/mol. The Balaban J connectivity index is 1.84. The van der Waals surface area contributed by atoms with E-state index in [1.165, 1.54) is 12.4 Å². The molecule has 170 valence electrons. The van der Waals surface area contributed by atoms with Gasteiger partial charge in [0.05, 0.1) is 24.2 Å². The van der Waals surface area contributed by atoms with Gasteiger partial charge in [-0.3, -0.25) is 24.5 Å². The highest BCUT2D eigenvalue weighted by molar-refractivity contribution is 5.71. The molecule has 0 saturated heterocycles. The van der Waals surface area contributed by atoms with Gasteiger partial charge >= 0.3 is 11.9 Å². The lowest BCUT2D eigenvalue weighted by Gasteiger charge is -2.31. The summed E-state index contributed by atoms with van der Waals surface area (Å²) in [5.74, 6) is -0.869. The van der Waals surface area contributed by atoms with Crippen molar-refractivity contribution in [2.75, 3.05) is 4.90 Å². The van der Waals surface area contributed by atoms with E-state index in [0.717, 1.165) is 0 Å². The van der Waals surface area contributed by atoms with Gasteiger partial charge in [0.25, 0.3) is 0 Å². The molecule has 0 fully saturated rings. The number of rotatable bonds is 9. The molecule has 0 spiro atoms. The molecule has 0 radical (unpaired) electrons. The zero-order valence-corrected chi connectivity index (χ0v) is 18.0. The minimum Gasteiger partial charge on any atom is -0.481 e. The molecule has 4 heterocycles.